The lowest BCUT2D eigenvalue weighted by Crippen LogP contribution is -2.10. The van der Waals surface area contributed by atoms with E-state index in [-0.39, 0.29) is 12.1 Å². The first-order valence-electron chi connectivity index (χ1n) is 7.01. The van der Waals surface area contributed by atoms with Crippen molar-refractivity contribution in [2.45, 2.75) is 78.2 Å². The van der Waals surface area contributed by atoms with Crippen molar-refractivity contribution in [3.05, 3.63) is 12.2 Å². The maximum Gasteiger partial charge on any atom is 0.306 e. The van der Waals surface area contributed by atoms with Gasteiger partial charge in [0.05, 0.1) is 6.10 Å². The molecule has 0 aromatic carbocycles. The maximum atomic E-state index is 11.2. The summed E-state index contributed by atoms with van der Waals surface area (Å²) in [5.74, 6) is -0.0902. The summed E-state index contributed by atoms with van der Waals surface area (Å²) in [6.45, 7) is 5.99. The van der Waals surface area contributed by atoms with Crippen molar-refractivity contribution < 1.29 is 9.53 Å². The van der Waals surface area contributed by atoms with Crippen LogP contribution in [0.15, 0.2) is 12.2 Å². The van der Waals surface area contributed by atoms with E-state index in [9.17, 15) is 4.79 Å². The van der Waals surface area contributed by atoms with Crippen LogP contribution < -0.4 is 0 Å². The molecule has 0 aliphatic heterocycles. The number of allylic oxidation sites excluding steroid dienone is 2. The molecular weight excluding hydrogens is 212 g/mol. The summed E-state index contributed by atoms with van der Waals surface area (Å²) in [5, 5.41) is 0. The van der Waals surface area contributed by atoms with Gasteiger partial charge in [-0.1, -0.05) is 44.8 Å². The summed E-state index contributed by atoms with van der Waals surface area (Å²) in [5.41, 5.74) is 0. The van der Waals surface area contributed by atoms with Gasteiger partial charge in [-0.3, -0.25) is 4.79 Å². The monoisotopic (exact) mass is 240 g/mol. The molecule has 100 valence electrons. The number of esters is 1. The van der Waals surface area contributed by atoms with Crippen LogP contribution in [-0.2, 0) is 9.53 Å². The molecule has 17 heavy (non-hydrogen) atoms. The number of unbranched alkanes of at least 4 members (excludes halogenated alkanes) is 5. The Kier molecular flexibility index (Phi) is 11.1. The minimum absolute atomic E-state index is 0.00467. The SMILES string of the molecule is CCCCCCC/C=C/CCC(=O)OC(C)C. The van der Waals surface area contributed by atoms with E-state index in [2.05, 4.69) is 19.1 Å². The van der Waals surface area contributed by atoms with Crippen molar-refractivity contribution in [1.29, 1.82) is 0 Å². The summed E-state index contributed by atoms with van der Waals surface area (Å²) >= 11 is 0. The van der Waals surface area contributed by atoms with Crippen molar-refractivity contribution >= 4 is 5.97 Å². The Bertz CT molecular complexity index is 207. The van der Waals surface area contributed by atoms with Gasteiger partial charge in [-0.05, 0) is 33.1 Å². The summed E-state index contributed by atoms with van der Waals surface area (Å²) in [6.07, 6.45) is 13.3. The summed E-state index contributed by atoms with van der Waals surface area (Å²) in [4.78, 5) is 11.2. The number of hydrogen-bond donors (Lipinski definition) is 0. The van der Waals surface area contributed by atoms with E-state index in [0.29, 0.717) is 6.42 Å². The van der Waals surface area contributed by atoms with Crippen LogP contribution in [0.25, 0.3) is 0 Å². The highest BCUT2D eigenvalue weighted by atomic mass is 16.5. The molecule has 0 aliphatic carbocycles. The first-order valence-corrected chi connectivity index (χ1v) is 7.01. The van der Waals surface area contributed by atoms with Crippen LogP contribution >= 0.6 is 0 Å². The van der Waals surface area contributed by atoms with Crippen molar-refractivity contribution in [2.75, 3.05) is 0 Å². The molecule has 0 heterocycles. The van der Waals surface area contributed by atoms with Gasteiger partial charge in [0, 0.05) is 6.42 Å². The summed E-state index contributed by atoms with van der Waals surface area (Å²) < 4.78 is 5.05. The summed E-state index contributed by atoms with van der Waals surface area (Å²) in [6, 6.07) is 0. The molecule has 0 N–H and O–H groups in total. The molecule has 0 bridgehead atoms. The Morgan fingerprint density at radius 3 is 2.35 bits per heavy atom. The van der Waals surface area contributed by atoms with E-state index >= 15 is 0 Å². The van der Waals surface area contributed by atoms with E-state index in [1.807, 2.05) is 13.8 Å². The van der Waals surface area contributed by atoms with Gasteiger partial charge in [-0.15, -0.1) is 0 Å². The molecule has 0 atom stereocenters. The molecule has 0 rings (SSSR count). The van der Waals surface area contributed by atoms with Crippen LogP contribution in [-0.4, -0.2) is 12.1 Å². The quantitative estimate of drug-likeness (QED) is 0.316. The van der Waals surface area contributed by atoms with E-state index in [4.69, 9.17) is 4.74 Å². The van der Waals surface area contributed by atoms with Gasteiger partial charge >= 0.3 is 5.97 Å². The zero-order valence-electron chi connectivity index (χ0n) is 11.7. The third-order valence-corrected chi connectivity index (χ3v) is 2.52. The summed E-state index contributed by atoms with van der Waals surface area (Å²) in [7, 11) is 0. The number of carbonyl (C=O) groups excluding carboxylic acids is 1. The normalized spacial score (nSPS) is 11.3. The Morgan fingerprint density at radius 2 is 1.71 bits per heavy atom. The number of ether oxygens (including phenoxy) is 1. The predicted molar refractivity (Wildman–Crippen MR) is 73.0 cm³/mol. The molecule has 0 saturated carbocycles. The second-order valence-corrected chi connectivity index (χ2v) is 4.75. The van der Waals surface area contributed by atoms with E-state index in [1.54, 1.807) is 0 Å². The lowest BCUT2D eigenvalue weighted by Gasteiger charge is -2.05. The van der Waals surface area contributed by atoms with Gasteiger partial charge in [0.2, 0.25) is 0 Å². The van der Waals surface area contributed by atoms with Gasteiger partial charge in [0.15, 0.2) is 0 Å². The fraction of sp³-hybridized carbons (Fsp3) is 0.800. The van der Waals surface area contributed by atoms with Crippen LogP contribution in [0.2, 0.25) is 0 Å². The van der Waals surface area contributed by atoms with Crippen molar-refractivity contribution in [3.63, 3.8) is 0 Å². The second kappa shape index (κ2) is 11.7. The first-order chi connectivity index (χ1) is 8.16. The number of hydrogen-bond acceptors (Lipinski definition) is 2. The topological polar surface area (TPSA) is 26.3 Å². The fourth-order valence-electron chi connectivity index (χ4n) is 1.62. The molecule has 0 saturated heterocycles. The van der Waals surface area contributed by atoms with Gasteiger partial charge in [-0.25, -0.2) is 0 Å². The minimum Gasteiger partial charge on any atom is -0.463 e. The van der Waals surface area contributed by atoms with Crippen LogP contribution in [0.1, 0.15) is 72.1 Å². The van der Waals surface area contributed by atoms with Crippen molar-refractivity contribution in [3.8, 4) is 0 Å². The highest BCUT2D eigenvalue weighted by Crippen LogP contribution is 2.06. The molecule has 0 radical (unpaired) electrons. The minimum atomic E-state index is -0.0902. The van der Waals surface area contributed by atoms with Gasteiger partial charge in [0.1, 0.15) is 0 Å². The maximum absolute atomic E-state index is 11.2. The molecule has 0 unspecified atom stereocenters. The molecule has 0 aromatic heterocycles. The van der Waals surface area contributed by atoms with Crippen molar-refractivity contribution in [1.82, 2.24) is 0 Å². The molecule has 0 aromatic rings. The van der Waals surface area contributed by atoms with E-state index in [0.717, 1.165) is 12.8 Å². The average molecular weight is 240 g/mol. The van der Waals surface area contributed by atoms with Crippen LogP contribution in [0.5, 0.6) is 0 Å². The molecule has 0 amide bonds. The van der Waals surface area contributed by atoms with Crippen molar-refractivity contribution in [2.24, 2.45) is 0 Å². The molecular formula is C15H28O2. The third kappa shape index (κ3) is 13.1. The van der Waals surface area contributed by atoms with E-state index in [1.165, 1.54) is 32.1 Å². The molecule has 0 aliphatic rings. The molecule has 0 fully saturated rings. The van der Waals surface area contributed by atoms with Gasteiger partial charge in [0.25, 0.3) is 0 Å². The Hall–Kier alpha value is -0.790. The number of carbonyl (C=O) groups is 1. The average Bonchev–Trinajstić information content (AvgIpc) is 2.26. The van der Waals surface area contributed by atoms with Crippen LogP contribution in [0, 0.1) is 0 Å². The second-order valence-electron chi connectivity index (χ2n) is 4.75. The van der Waals surface area contributed by atoms with Gasteiger partial charge < -0.3 is 4.74 Å². The zero-order chi connectivity index (χ0) is 12.9. The van der Waals surface area contributed by atoms with Crippen LogP contribution in [0.3, 0.4) is 0 Å². The van der Waals surface area contributed by atoms with E-state index < -0.39 is 0 Å². The number of rotatable bonds is 10. The predicted octanol–water partition coefficient (Wildman–Crippen LogP) is 4.63. The van der Waals surface area contributed by atoms with Gasteiger partial charge in [-0.2, -0.15) is 0 Å². The Morgan fingerprint density at radius 1 is 1.06 bits per heavy atom. The Balaban J connectivity index is 3.27. The lowest BCUT2D eigenvalue weighted by atomic mass is 10.1. The first kappa shape index (κ1) is 16.2. The molecule has 2 nitrogen and oxygen atoms in total. The molecule has 2 heteroatoms. The van der Waals surface area contributed by atoms with Crippen LogP contribution in [0.4, 0.5) is 0 Å². The standard InChI is InChI=1S/C15H28O2/c1-4-5-6-7-8-9-10-11-12-13-15(16)17-14(2)3/h10-11,14H,4-9,12-13H2,1-3H3/b11-10+. The lowest BCUT2D eigenvalue weighted by molar-refractivity contribution is -0.147. The highest BCUT2D eigenvalue weighted by Gasteiger charge is 2.02. The largest absolute Gasteiger partial charge is 0.463 e. The third-order valence-electron chi connectivity index (χ3n) is 2.52. The Labute approximate surface area is 106 Å². The zero-order valence-corrected chi connectivity index (χ0v) is 11.7. The highest BCUT2D eigenvalue weighted by molar-refractivity contribution is 5.69. The smallest absolute Gasteiger partial charge is 0.306 e. The molecule has 0 spiro atoms. The fourth-order valence-corrected chi connectivity index (χ4v) is 1.62.